The van der Waals surface area contributed by atoms with Crippen LogP contribution in [0, 0.1) is 11.3 Å². The van der Waals surface area contributed by atoms with Crippen LogP contribution >= 0.6 is 0 Å². The van der Waals surface area contributed by atoms with Crippen LogP contribution in [0.3, 0.4) is 0 Å². The smallest absolute Gasteiger partial charge is 0.310 e. The Morgan fingerprint density at radius 3 is 2.36 bits per heavy atom. The van der Waals surface area contributed by atoms with Gasteiger partial charge in [-0.1, -0.05) is 0 Å². The lowest BCUT2D eigenvalue weighted by molar-refractivity contribution is -0.165. The van der Waals surface area contributed by atoms with Crippen molar-refractivity contribution in [3.05, 3.63) is 0 Å². The van der Waals surface area contributed by atoms with E-state index < -0.39 is 11.4 Å². The van der Waals surface area contributed by atoms with Crippen LogP contribution < -0.4 is 5.73 Å². The maximum Gasteiger partial charge on any atom is 0.310 e. The maximum atomic E-state index is 11.3. The van der Waals surface area contributed by atoms with Crippen molar-refractivity contribution in [2.45, 2.75) is 31.7 Å². The summed E-state index contributed by atoms with van der Waals surface area (Å²) in [5, 5.41) is 9.26. The van der Waals surface area contributed by atoms with Gasteiger partial charge in [0, 0.05) is 19.3 Å². The van der Waals surface area contributed by atoms with Gasteiger partial charge in [-0.2, -0.15) is 0 Å². The average molecular weight is 199 g/mol. The van der Waals surface area contributed by atoms with Crippen LogP contribution in [0.5, 0.6) is 0 Å². The van der Waals surface area contributed by atoms with E-state index in [1.165, 1.54) is 0 Å². The van der Waals surface area contributed by atoms with Gasteiger partial charge in [-0.25, -0.2) is 0 Å². The molecule has 0 atom stereocenters. The minimum absolute atomic E-state index is 0.0916. The van der Waals surface area contributed by atoms with Crippen LogP contribution in [-0.4, -0.2) is 30.3 Å². The molecule has 1 saturated carbocycles. The first-order valence-corrected chi connectivity index (χ1v) is 5.22. The Kier molecular flexibility index (Phi) is 2.49. The minimum atomic E-state index is -0.661. The summed E-state index contributed by atoms with van der Waals surface area (Å²) in [5.74, 6) is -0.389. The molecule has 0 bridgehead atoms. The normalized spacial score (nSPS) is 39.1. The fraction of sp³-hybridized carbons (Fsp3) is 0.900. The summed E-state index contributed by atoms with van der Waals surface area (Å²) in [5.41, 5.74) is 5.18. The van der Waals surface area contributed by atoms with Gasteiger partial charge < -0.3 is 15.6 Å². The molecule has 1 aliphatic carbocycles. The van der Waals surface area contributed by atoms with Gasteiger partial charge in [0.15, 0.2) is 0 Å². The molecule has 2 rings (SSSR count). The fourth-order valence-corrected chi connectivity index (χ4v) is 2.81. The molecule has 0 radical (unpaired) electrons. The SMILES string of the molecule is NC1CC(C(=O)O)(C2CCOCC2)C1. The second kappa shape index (κ2) is 3.51. The summed E-state index contributed by atoms with van der Waals surface area (Å²) >= 11 is 0. The van der Waals surface area contributed by atoms with E-state index in [4.69, 9.17) is 10.5 Å². The Morgan fingerprint density at radius 2 is 1.93 bits per heavy atom. The number of carboxylic acid groups (broad SMARTS) is 1. The van der Waals surface area contributed by atoms with E-state index in [1.807, 2.05) is 0 Å². The number of rotatable bonds is 2. The molecule has 0 aromatic heterocycles. The van der Waals surface area contributed by atoms with Crippen molar-refractivity contribution < 1.29 is 14.6 Å². The molecule has 14 heavy (non-hydrogen) atoms. The number of hydrogen-bond donors (Lipinski definition) is 2. The third-order valence-electron chi connectivity index (χ3n) is 3.68. The molecule has 80 valence electrons. The second-order valence-corrected chi connectivity index (χ2v) is 4.52. The molecule has 3 N–H and O–H groups in total. The van der Waals surface area contributed by atoms with E-state index in [-0.39, 0.29) is 12.0 Å². The first-order chi connectivity index (χ1) is 6.65. The van der Waals surface area contributed by atoms with Gasteiger partial charge in [0.05, 0.1) is 5.41 Å². The van der Waals surface area contributed by atoms with Crippen molar-refractivity contribution >= 4 is 5.97 Å². The van der Waals surface area contributed by atoms with Gasteiger partial charge in [0.25, 0.3) is 0 Å². The number of nitrogens with two attached hydrogens (primary N) is 1. The molecule has 0 spiro atoms. The van der Waals surface area contributed by atoms with Crippen molar-refractivity contribution in [2.24, 2.45) is 17.1 Å². The highest BCUT2D eigenvalue weighted by Crippen LogP contribution is 2.50. The lowest BCUT2D eigenvalue weighted by atomic mass is 9.57. The highest BCUT2D eigenvalue weighted by atomic mass is 16.5. The maximum absolute atomic E-state index is 11.3. The predicted molar refractivity (Wildman–Crippen MR) is 50.8 cm³/mol. The van der Waals surface area contributed by atoms with Crippen LogP contribution in [0.4, 0.5) is 0 Å². The Hall–Kier alpha value is -0.610. The van der Waals surface area contributed by atoms with E-state index in [2.05, 4.69) is 0 Å². The fourth-order valence-electron chi connectivity index (χ4n) is 2.81. The topological polar surface area (TPSA) is 72.6 Å². The third-order valence-corrected chi connectivity index (χ3v) is 3.68. The van der Waals surface area contributed by atoms with Gasteiger partial charge in [0.1, 0.15) is 0 Å². The van der Waals surface area contributed by atoms with E-state index in [9.17, 15) is 9.90 Å². The van der Waals surface area contributed by atoms with Crippen molar-refractivity contribution in [3.8, 4) is 0 Å². The summed E-state index contributed by atoms with van der Waals surface area (Å²) in [6.07, 6.45) is 3.04. The first-order valence-electron chi connectivity index (χ1n) is 5.22. The first kappa shape index (κ1) is 9.93. The zero-order chi connectivity index (χ0) is 10.2. The van der Waals surface area contributed by atoms with Gasteiger partial charge in [-0.3, -0.25) is 4.79 Å². The van der Waals surface area contributed by atoms with Crippen LogP contribution in [0.25, 0.3) is 0 Å². The number of carboxylic acids is 1. The van der Waals surface area contributed by atoms with Gasteiger partial charge >= 0.3 is 5.97 Å². The highest BCUT2D eigenvalue weighted by Gasteiger charge is 2.54. The summed E-state index contributed by atoms with van der Waals surface area (Å²) in [6, 6.07) is 0.0916. The van der Waals surface area contributed by atoms with Gasteiger partial charge in [-0.15, -0.1) is 0 Å². The zero-order valence-electron chi connectivity index (χ0n) is 8.24. The molecule has 1 aliphatic heterocycles. The number of carbonyl (C=O) groups is 1. The van der Waals surface area contributed by atoms with E-state index >= 15 is 0 Å². The highest BCUT2D eigenvalue weighted by molar-refractivity contribution is 5.76. The van der Waals surface area contributed by atoms with Gasteiger partial charge in [-0.05, 0) is 31.6 Å². The second-order valence-electron chi connectivity index (χ2n) is 4.52. The Balaban J connectivity index is 2.07. The largest absolute Gasteiger partial charge is 0.481 e. The molecule has 0 unspecified atom stereocenters. The molecular weight excluding hydrogens is 182 g/mol. The minimum Gasteiger partial charge on any atom is -0.481 e. The molecule has 0 aromatic rings. The molecule has 2 fully saturated rings. The average Bonchev–Trinajstić information content (AvgIpc) is 2.13. The quantitative estimate of drug-likeness (QED) is 0.683. The molecule has 4 nitrogen and oxygen atoms in total. The number of aliphatic carboxylic acids is 1. The summed E-state index contributed by atoms with van der Waals surface area (Å²) in [4.78, 5) is 11.3. The Labute approximate surface area is 83.4 Å². The van der Waals surface area contributed by atoms with Crippen molar-refractivity contribution in [2.75, 3.05) is 13.2 Å². The summed E-state index contributed by atoms with van der Waals surface area (Å²) < 4.78 is 5.25. The lowest BCUT2D eigenvalue weighted by Gasteiger charge is -2.49. The standard InChI is InChI=1S/C10H17NO3/c11-8-5-10(6-8,9(12)13)7-1-3-14-4-2-7/h7-8H,1-6,11H2,(H,12,13). The zero-order valence-corrected chi connectivity index (χ0v) is 8.24. The molecule has 4 heteroatoms. The van der Waals surface area contributed by atoms with Crippen molar-refractivity contribution in [3.63, 3.8) is 0 Å². The molecule has 1 heterocycles. The summed E-state index contributed by atoms with van der Waals surface area (Å²) in [7, 11) is 0. The van der Waals surface area contributed by atoms with Crippen LogP contribution in [0.2, 0.25) is 0 Å². The third kappa shape index (κ3) is 1.42. The number of ether oxygens (including phenoxy) is 1. The van der Waals surface area contributed by atoms with E-state index in [0.29, 0.717) is 26.1 Å². The van der Waals surface area contributed by atoms with Crippen LogP contribution in [-0.2, 0) is 9.53 Å². The molecule has 2 aliphatic rings. The van der Waals surface area contributed by atoms with E-state index in [1.54, 1.807) is 0 Å². The molecule has 0 amide bonds. The molecule has 1 saturated heterocycles. The van der Waals surface area contributed by atoms with Crippen molar-refractivity contribution in [1.29, 1.82) is 0 Å². The number of hydrogen-bond acceptors (Lipinski definition) is 3. The Morgan fingerprint density at radius 1 is 1.36 bits per heavy atom. The monoisotopic (exact) mass is 199 g/mol. The Bertz CT molecular complexity index is 230. The molecule has 0 aromatic carbocycles. The summed E-state index contributed by atoms with van der Waals surface area (Å²) in [6.45, 7) is 1.41. The molecular formula is C10H17NO3. The van der Waals surface area contributed by atoms with Gasteiger partial charge in [0.2, 0.25) is 0 Å². The predicted octanol–water partition coefficient (Wildman–Crippen LogP) is 0.605. The lowest BCUT2D eigenvalue weighted by Crippen LogP contribution is -2.56. The van der Waals surface area contributed by atoms with E-state index in [0.717, 1.165) is 12.8 Å². The van der Waals surface area contributed by atoms with Crippen LogP contribution in [0.1, 0.15) is 25.7 Å². The van der Waals surface area contributed by atoms with Crippen LogP contribution in [0.15, 0.2) is 0 Å². The van der Waals surface area contributed by atoms with Crippen molar-refractivity contribution in [1.82, 2.24) is 0 Å².